The third kappa shape index (κ3) is 4.17. The van der Waals surface area contributed by atoms with E-state index in [2.05, 4.69) is 5.32 Å². The van der Waals surface area contributed by atoms with Crippen LogP contribution in [0.5, 0.6) is 0 Å². The number of carbonyl (C=O) groups excluding carboxylic acids is 2. The van der Waals surface area contributed by atoms with Crippen molar-refractivity contribution in [2.24, 2.45) is 5.92 Å². The van der Waals surface area contributed by atoms with Gasteiger partial charge in [0.2, 0.25) is 11.8 Å². The van der Waals surface area contributed by atoms with Gasteiger partial charge in [-0.1, -0.05) is 41.4 Å². The molecule has 1 unspecified atom stereocenters. The largest absolute Gasteiger partial charge is 0.355 e. The Morgan fingerprint density at radius 1 is 1.19 bits per heavy atom. The van der Waals surface area contributed by atoms with Gasteiger partial charge in [0.15, 0.2) is 0 Å². The summed E-state index contributed by atoms with van der Waals surface area (Å²) in [5.74, 6) is -1.09. The van der Waals surface area contributed by atoms with E-state index in [1.165, 1.54) is 11.0 Å². The molecule has 7 heteroatoms. The molecular formula is C19H17Cl2FN2O2. The molecule has 4 nitrogen and oxygen atoms in total. The van der Waals surface area contributed by atoms with Crippen molar-refractivity contribution in [1.82, 2.24) is 5.32 Å². The van der Waals surface area contributed by atoms with Gasteiger partial charge in [-0.05, 0) is 36.2 Å². The average Bonchev–Trinajstić information content (AvgIpc) is 3.01. The van der Waals surface area contributed by atoms with E-state index in [4.69, 9.17) is 23.2 Å². The SMILES string of the molecule is O=C(NCCc1ccccc1F)C1CC(=O)N(c2ccc(Cl)c(Cl)c2)C1. The van der Waals surface area contributed by atoms with Gasteiger partial charge in [0.1, 0.15) is 5.82 Å². The Kier molecular flexibility index (Phi) is 5.79. The van der Waals surface area contributed by atoms with Gasteiger partial charge in [0.25, 0.3) is 0 Å². The second kappa shape index (κ2) is 8.06. The summed E-state index contributed by atoms with van der Waals surface area (Å²) in [6.45, 7) is 0.597. The van der Waals surface area contributed by atoms with Crippen LogP contribution in [0.4, 0.5) is 10.1 Å². The van der Waals surface area contributed by atoms with Crippen molar-refractivity contribution in [3.63, 3.8) is 0 Å². The van der Waals surface area contributed by atoms with Gasteiger partial charge in [-0.15, -0.1) is 0 Å². The summed E-state index contributed by atoms with van der Waals surface area (Å²) >= 11 is 11.9. The standard InChI is InChI=1S/C19H17Cl2FN2O2/c20-15-6-5-14(10-16(15)21)24-11-13(9-18(24)25)19(26)23-8-7-12-3-1-2-4-17(12)22/h1-6,10,13H,7-9,11H2,(H,23,26). The van der Waals surface area contributed by atoms with Crippen LogP contribution < -0.4 is 10.2 Å². The van der Waals surface area contributed by atoms with Crippen molar-refractivity contribution in [2.45, 2.75) is 12.8 Å². The lowest BCUT2D eigenvalue weighted by Gasteiger charge is -2.17. The minimum absolute atomic E-state index is 0.131. The lowest BCUT2D eigenvalue weighted by atomic mass is 10.1. The van der Waals surface area contributed by atoms with E-state index < -0.39 is 5.92 Å². The Morgan fingerprint density at radius 3 is 2.69 bits per heavy atom. The van der Waals surface area contributed by atoms with Gasteiger partial charge in [-0.25, -0.2) is 4.39 Å². The van der Waals surface area contributed by atoms with E-state index >= 15 is 0 Å². The number of nitrogens with one attached hydrogen (secondary N) is 1. The maximum atomic E-state index is 13.6. The minimum atomic E-state index is -0.447. The molecule has 1 N–H and O–H groups in total. The average molecular weight is 395 g/mol. The van der Waals surface area contributed by atoms with Crippen molar-refractivity contribution in [2.75, 3.05) is 18.0 Å². The fourth-order valence-corrected chi connectivity index (χ4v) is 3.24. The molecule has 1 saturated heterocycles. The molecule has 1 aliphatic rings. The Labute approximate surface area is 160 Å². The molecular weight excluding hydrogens is 378 g/mol. The van der Waals surface area contributed by atoms with Crippen molar-refractivity contribution in [3.05, 3.63) is 63.9 Å². The molecule has 136 valence electrons. The molecule has 1 atom stereocenters. The summed E-state index contributed by atoms with van der Waals surface area (Å²) < 4.78 is 13.6. The molecule has 0 radical (unpaired) electrons. The third-order valence-corrected chi connectivity index (χ3v) is 5.10. The van der Waals surface area contributed by atoms with Gasteiger partial charge in [0, 0.05) is 25.2 Å². The Bertz CT molecular complexity index is 844. The summed E-state index contributed by atoms with van der Waals surface area (Å²) in [6.07, 6.45) is 0.529. The number of hydrogen-bond donors (Lipinski definition) is 1. The van der Waals surface area contributed by atoms with Gasteiger partial charge >= 0.3 is 0 Å². The van der Waals surface area contributed by atoms with E-state index in [1.54, 1.807) is 36.4 Å². The van der Waals surface area contributed by atoms with Crippen molar-refractivity contribution in [3.8, 4) is 0 Å². The van der Waals surface area contributed by atoms with Crippen LogP contribution >= 0.6 is 23.2 Å². The first-order valence-electron chi connectivity index (χ1n) is 8.22. The Morgan fingerprint density at radius 2 is 1.96 bits per heavy atom. The number of benzene rings is 2. The van der Waals surface area contributed by atoms with Crippen LogP contribution in [-0.2, 0) is 16.0 Å². The van der Waals surface area contributed by atoms with Crippen LogP contribution in [0.15, 0.2) is 42.5 Å². The molecule has 0 spiro atoms. The topological polar surface area (TPSA) is 49.4 Å². The quantitative estimate of drug-likeness (QED) is 0.837. The molecule has 0 saturated carbocycles. The molecule has 0 aromatic heterocycles. The molecule has 0 bridgehead atoms. The summed E-state index contributed by atoms with van der Waals surface area (Å²) in [5.41, 5.74) is 1.17. The zero-order valence-electron chi connectivity index (χ0n) is 13.8. The maximum Gasteiger partial charge on any atom is 0.227 e. The van der Waals surface area contributed by atoms with E-state index in [0.717, 1.165) is 0 Å². The van der Waals surface area contributed by atoms with Crippen LogP contribution in [0, 0.1) is 11.7 Å². The van der Waals surface area contributed by atoms with Gasteiger partial charge < -0.3 is 10.2 Å². The number of halogens is 3. The summed E-state index contributed by atoms with van der Waals surface area (Å²) in [5, 5.41) is 3.54. The lowest BCUT2D eigenvalue weighted by molar-refractivity contribution is -0.126. The molecule has 1 aliphatic heterocycles. The molecule has 3 rings (SSSR count). The zero-order valence-corrected chi connectivity index (χ0v) is 15.4. The van der Waals surface area contributed by atoms with Crippen molar-refractivity contribution in [1.29, 1.82) is 0 Å². The lowest BCUT2D eigenvalue weighted by Crippen LogP contribution is -2.34. The van der Waals surface area contributed by atoms with E-state index in [-0.39, 0.29) is 30.6 Å². The molecule has 2 aromatic carbocycles. The van der Waals surface area contributed by atoms with Crippen LogP contribution in [0.2, 0.25) is 10.0 Å². The smallest absolute Gasteiger partial charge is 0.227 e. The predicted octanol–water partition coefficient (Wildman–Crippen LogP) is 3.84. The zero-order chi connectivity index (χ0) is 18.7. The highest BCUT2D eigenvalue weighted by Crippen LogP contribution is 2.31. The molecule has 0 aliphatic carbocycles. The molecule has 2 aromatic rings. The Hall–Kier alpha value is -2.11. The first-order valence-corrected chi connectivity index (χ1v) is 8.98. The molecule has 1 fully saturated rings. The summed E-state index contributed by atoms with van der Waals surface area (Å²) in [4.78, 5) is 26.1. The van der Waals surface area contributed by atoms with Gasteiger partial charge in [-0.2, -0.15) is 0 Å². The summed E-state index contributed by atoms with van der Waals surface area (Å²) in [6, 6.07) is 11.4. The number of amides is 2. The number of hydrogen-bond acceptors (Lipinski definition) is 2. The van der Waals surface area contributed by atoms with Crippen molar-refractivity contribution < 1.29 is 14.0 Å². The van der Waals surface area contributed by atoms with Crippen molar-refractivity contribution >= 4 is 40.7 Å². The highest BCUT2D eigenvalue weighted by atomic mass is 35.5. The fraction of sp³-hybridized carbons (Fsp3) is 0.263. The maximum absolute atomic E-state index is 13.6. The molecule has 2 amide bonds. The van der Waals surface area contributed by atoms with E-state index in [1.807, 2.05) is 0 Å². The highest BCUT2D eigenvalue weighted by molar-refractivity contribution is 6.42. The second-order valence-electron chi connectivity index (χ2n) is 6.14. The van der Waals surface area contributed by atoms with Crippen LogP contribution in [0.25, 0.3) is 0 Å². The summed E-state index contributed by atoms with van der Waals surface area (Å²) in [7, 11) is 0. The van der Waals surface area contributed by atoms with Gasteiger partial charge in [-0.3, -0.25) is 9.59 Å². The number of nitrogens with zero attached hydrogens (tertiary/aromatic N) is 1. The van der Waals surface area contributed by atoms with E-state index in [9.17, 15) is 14.0 Å². The normalized spacial score (nSPS) is 16.8. The third-order valence-electron chi connectivity index (χ3n) is 4.36. The molecule has 1 heterocycles. The minimum Gasteiger partial charge on any atom is -0.355 e. The monoisotopic (exact) mass is 394 g/mol. The van der Waals surface area contributed by atoms with Crippen LogP contribution in [0.3, 0.4) is 0 Å². The van der Waals surface area contributed by atoms with Gasteiger partial charge in [0.05, 0.1) is 16.0 Å². The Balaban J connectivity index is 1.57. The fourth-order valence-electron chi connectivity index (χ4n) is 2.95. The first-order chi connectivity index (χ1) is 12.5. The highest BCUT2D eigenvalue weighted by Gasteiger charge is 2.35. The predicted molar refractivity (Wildman–Crippen MR) is 100 cm³/mol. The van der Waals surface area contributed by atoms with Crippen LogP contribution in [-0.4, -0.2) is 24.9 Å². The second-order valence-corrected chi connectivity index (χ2v) is 6.95. The van der Waals surface area contributed by atoms with Crippen LogP contribution in [0.1, 0.15) is 12.0 Å². The number of anilines is 1. The first kappa shape index (κ1) is 18.7. The van der Waals surface area contributed by atoms with E-state index in [0.29, 0.717) is 34.3 Å². The number of rotatable bonds is 5. The number of carbonyl (C=O) groups is 2. The molecule has 26 heavy (non-hydrogen) atoms.